The summed E-state index contributed by atoms with van der Waals surface area (Å²) in [6, 6.07) is 20.0. The number of nitrogens with zero attached hydrogens (tertiary/aromatic N) is 11. The molecule has 1 aromatic carbocycles. The lowest BCUT2D eigenvalue weighted by Crippen LogP contribution is -2.33. The second-order valence-corrected chi connectivity index (χ2v) is 27.2. The van der Waals surface area contributed by atoms with Gasteiger partial charge in [0.25, 0.3) is 35.4 Å². The van der Waals surface area contributed by atoms with Crippen LogP contribution in [-0.2, 0) is 82.8 Å². The maximum Gasteiger partial charge on any atom is 0.291 e. The van der Waals surface area contributed by atoms with E-state index >= 15 is 0 Å². The van der Waals surface area contributed by atoms with E-state index < -0.39 is 41.4 Å². The highest BCUT2D eigenvalue weighted by Crippen LogP contribution is 2.37. The lowest BCUT2D eigenvalue weighted by Gasteiger charge is -2.15. The molecule has 0 aliphatic carbocycles. The van der Waals surface area contributed by atoms with Crippen LogP contribution in [0.1, 0.15) is 118 Å². The first kappa shape index (κ1) is 86.9. The molecule has 9 amide bonds. The van der Waals surface area contributed by atoms with Gasteiger partial charge in [0.1, 0.15) is 22.8 Å². The number of rotatable bonds is 47. The van der Waals surface area contributed by atoms with E-state index in [1.165, 1.54) is 50.5 Å². The second kappa shape index (κ2) is 43.3. The number of amides is 9. The Hall–Kier alpha value is -12.5. The maximum atomic E-state index is 13.4. The summed E-state index contributed by atoms with van der Waals surface area (Å²) in [5.74, 6) is -2.92. The van der Waals surface area contributed by atoms with Gasteiger partial charge in [0.05, 0.1) is 138 Å². The van der Waals surface area contributed by atoms with Crippen molar-refractivity contribution >= 4 is 87.1 Å². The Morgan fingerprint density at radius 1 is 0.444 bits per heavy atom. The molecule has 0 fully saturated rings. The van der Waals surface area contributed by atoms with Crippen LogP contribution in [0, 0.1) is 20.8 Å². The molecule has 0 radical (unpaired) electrons. The molecule has 37 nitrogen and oxygen atoms in total. The Bertz CT molecular complexity index is 5050. The summed E-state index contributed by atoms with van der Waals surface area (Å²) in [6.07, 6.45) is 13.0. The fraction of sp³-hybridized carbons (Fsp3) is 0.400. The molecular formula is C80H100N20O17. The third kappa shape index (κ3) is 25.2. The van der Waals surface area contributed by atoms with Gasteiger partial charge in [-0.1, -0.05) is 23.4 Å². The van der Waals surface area contributed by atoms with Gasteiger partial charge in [-0.2, -0.15) is 0 Å². The van der Waals surface area contributed by atoms with Crippen LogP contribution in [0.3, 0.4) is 0 Å². The van der Waals surface area contributed by atoms with Crippen molar-refractivity contribution in [1.29, 1.82) is 0 Å². The highest BCUT2D eigenvalue weighted by atomic mass is 16.6. The van der Waals surface area contributed by atoms with Gasteiger partial charge in [-0.3, -0.25) is 53.1 Å². The second-order valence-electron chi connectivity index (χ2n) is 27.2. The predicted octanol–water partition coefficient (Wildman–Crippen LogP) is 5.57. The molecule has 1 atom stereocenters. The third-order valence-corrected chi connectivity index (χ3v) is 18.3. The fourth-order valence-electron chi connectivity index (χ4n) is 12.4. The number of carbonyl (C=O) groups is 9. The number of aryl methyl sites for hydroxylation is 8. The summed E-state index contributed by atoms with van der Waals surface area (Å²) < 4.78 is 54.3. The Kier molecular flexibility index (Phi) is 32.1. The number of hydrogen-bond acceptors (Lipinski definition) is 22. The first-order valence-electron chi connectivity index (χ1n) is 38.1. The third-order valence-electron chi connectivity index (χ3n) is 18.3. The Labute approximate surface area is 674 Å². The Morgan fingerprint density at radius 3 is 1.47 bits per heavy atom. The summed E-state index contributed by atoms with van der Waals surface area (Å²) in [4.78, 5) is 134. The number of fused-ring (bicyclic) bond motifs is 1. The number of hydrogen-bond donors (Lipinski definition) is 9. The van der Waals surface area contributed by atoms with E-state index in [2.05, 4.69) is 86.7 Å². The average Bonchev–Trinajstić information content (AvgIpc) is 1.61. The number of aromatic nitrogens is 11. The van der Waals surface area contributed by atoms with Crippen LogP contribution in [0.15, 0.2) is 121 Å². The molecule has 0 bridgehead atoms. The molecule has 9 aromatic heterocycles. The highest BCUT2D eigenvalue weighted by molar-refractivity contribution is 6.06. The van der Waals surface area contributed by atoms with Gasteiger partial charge in [-0.25, -0.2) is 9.97 Å². The van der Waals surface area contributed by atoms with Crippen molar-refractivity contribution in [2.45, 2.75) is 53.0 Å². The summed E-state index contributed by atoms with van der Waals surface area (Å²) in [7, 11) is 8.13. The summed E-state index contributed by atoms with van der Waals surface area (Å²) in [6.45, 7) is 13.6. The number of anilines is 4. The molecule has 9 heterocycles. The number of carbonyl (C=O) groups excluding carboxylic acids is 9. The maximum absolute atomic E-state index is 13.4. The standard InChI is InChI=1S/C80H100N20O17/c1-51-11-10-12-62(88-51)53(3)100-49-61(72-63(100)41-57(45-87-72)71-52(2)94-117-54(71)4)55-13-15-56(16-14-55)75(104)86-25-28-111-30-32-113-34-36-115-38-40-116-39-37-114-35-33-112-31-29-110-27-24-81-68(101)17-20-85-79(108)74-93-67(50-99(74)9)92-70(103)19-22-84-76(105)64-43-59(47-96(64)6)90-78(107)66-42-58(46-98(66)8)89-69(102)18-21-83-77(106)65-44-60(48-97(65)7)91-80(109)73-82-23-26-95(73)5/h10-16,23,26,41-50,53H,17-22,24-25,27-40H2,1-9H3,(H,81,101)(H,83,106)(H,84,105)(H,85,108)(H,86,104)(H,89,102)(H,90,107)(H,91,109)(H,92,103)/t53-/m0/s1. The first-order chi connectivity index (χ1) is 56.5. The zero-order valence-corrected chi connectivity index (χ0v) is 67.0. The van der Waals surface area contributed by atoms with E-state index in [-0.39, 0.29) is 104 Å². The molecule has 0 saturated carbocycles. The van der Waals surface area contributed by atoms with Crippen molar-refractivity contribution in [3.63, 3.8) is 0 Å². The zero-order chi connectivity index (χ0) is 83.3. The van der Waals surface area contributed by atoms with Gasteiger partial charge in [-0.05, 0) is 81.8 Å². The molecular weight excluding hydrogens is 1510 g/mol. The van der Waals surface area contributed by atoms with Gasteiger partial charge in [0.2, 0.25) is 23.5 Å². The van der Waals surface area contributed by atoms with E-state index in [9.17, 15) is 43.2 Å². The van der Waals surface area contributed by atoms with E-state index in [1.54, 1.807) is 63.0 Å². The normalized spacial score (nSPS) is 11.5. The van der Waals surface area contributed by atoms with Crippen molar-refractivity contribution in [3.8, 4) is 22.3 Å². The van der Waals surface area contributed by atoms with Crippen LogP contribution in [0.2, 0.25) is 0 Å². The topological polar surface area (TPSA) is 434 Å². The van der Waals surface area contributed by atoms with Crippen LogP contribution >= 0.6 is 0 Å². The van der Waals surface area contributed by atoms with Gasteiger partial charge < -0.3 is 113 Å². The summed E-state index contributed by atoms with van der Waals surface area (Å²) >= 11 is 0. The van der Waals surface area contributed by atoms with Crippen molar-refractivity contribution in [1.82, 2.24) is 79.1 Å². The summed E-state index contributed by atoms with van der Waals surface area (Å²) in [5.41, 5.74) is 10.3. The quantitative estimate of drug-likeness (QED) is 0.0210. The van der Waals surface area contributed by atoms with Crippen LogP contribution in [0.5, 0.6) is 0 Å². The SMILES string of the molecule is Cc1cccc([C@H](C)n2cc(-c3ccc(C(=O)NCCOCCOCCOCCOCCOCCOCCOCCNC(=O)CCNC(=O)c4nc(NC(=O)CCNC(=O)c5cc(NC(=O)c6cc(NC(=O)CCNC(=O)c7cc(NC(=O)c8nccn8C)cn7C)cn6C)cn5C)cn4C)cc3)c3ncc(-c4c(C)noc4C)cc32)n1. The van der Waals surface area contributed by atoms with Crippen molar-refractivity contribution in [2.24, 2.45) is 35.2 Å². The lowest BCUT2D eigenvalue weighted by atomic mass is 10.0. The molecule has 10 aromatic rings. The van der Waals surface area contributed by atoms with E-state index in [1.807, 2.05) is 69.4 Å². The van der Waals surface area contributed by atoms with Gasteiger partial charge in [0.15, 0.2) is 11.6 Å². The van der Waals surface area contributed by atoms with Crippen molar-refractivity contribution in [3.05, 3.63) is 173 Å². The molecule has 37 heteroatoms. The smallest absolute Gasteiger partial charge is 0.291 e. The number of benzene rings is 1. The monoisotopic (exact) mass is 1610 g/mol. The van der Waals surface area contributed by atoms with Gasteiger partial charge in [-0.15, -0.1) is 0 Å². The fourth-order valence-corrected chi connectivity index (χ4v) is 12.4. The predicted molar refractivity (Wildman–Crippen MR) is 431 cm³/mol. The van der Waals surface area contributed by atoms with Crippen molar-refractivity contribution < 1.29 is 80.8 Å². The number of imidazole rings is 2. The molecule has 0 unspecified atom stereocenters. The summed E-state index contributed by atoms with van der Waals surface area (Å²) in [5, 5.41) is 28.6. The molecule has 117 heavy (non-hydrogen) atoms. The van der Waals surface area contributed by atoms with E-state index in [0.29, 0.717) is 115 Å². The molecule has 0 spiro atoms. The number of pyridine rings is 2. The largest absolute Gasteiger partial charge is 0.377 e. The molecule has 0 aliphatic heterocycles. The van der Waals surface area contributed by atoms with Crippen LogP contribution in [-0.4, -0.2) is 231 Å². The molecule has 0 saturated heterocycles. The van der Waals surface area contributed by atoms with Crippen LogP contribution in [0.4, 0.5) is 22.9 Å². The van der Waals surface area contributed by atoms with Gasteiger partial charge in [0, 0.05) is 165 Å². The van der Waals surface area contributed by atoms with Crippen LogP contribution in [0.25, 0.3) is 33.3 Å². The van der Waals surface area contributed by atoms with Crippen LogP contribution < -0.4 is 47.9 Å². The minimum atomic E-state index is -0.565. The van der Waals surface area contributed by atoms with Crippen molar-refractivity contribution in [2.75, 3.05) is 146 Å². The Morgan fingerprint density at radius 2 is 0.940 bits per heavy atom. The van der Waals surface area contributed by atoms with E-state index in [0.717, 1.165) is 56.1 Å². The number of ether oxygens (including phenoxy) is 7. The molecule has 622 valence electrons. The minimum Gasteiger partial charge on any atom is -0.377 e. The lowest BCUT2D eigenvalue weighted by molar-refractivity contribution is -0.121. The first-order valence-corrected chi connectivity index (χ1v) is 38.1. The average molecular weight is 1610 g/mol. The highest BCUT2D eigenvalue weighted by Gasteiger charge is 2.25. The van der Waals surface area contributed by atoms with E-state index in [4.69, 9.17) is 47.6 Å². The Balaban J connectivity index is 0.484. The van der Waals surface area contributed by atoms with Gasteiger partial charge >= 0.3 is 0 Å². The number of nitrogens with one attached hydrogen (secondary N) is 9. The molecule has 9 N–H and O–H groups in total. The minimum absolute atomic E-state index is 0.00263. The molecule has 0 aliphatic rings. The zero-order valence-electron chi connectivity index (χ0n) is 67.0. The molecule has 10 rings (SSSR count).